The Balaban J connectivity index is 2.78. The Labute approximate surface area is 115 Å². The van der Waals surface area contributed by atoms with Gasteiger partial charge in [0, 0.05) is 16.5 Å². The van der Waals surface area contributed by atoms with Crippen LogP contribution in [0, 0.1) is 0 Å². The largest absolute Gasteiger partial charge is 0.398 e. The van der Waals surface area contributed by atoms with Crippen LogP contribution in [0.3, 0.4) is 0 Å². The van der Waals surface area contributed by atoms with Crippen molar-refractivity contribution in [3.05, 3.63) is 23.2 Å². The zero-order valence-corrected chi connectivity index (χ0v) is 12.6. The zero-order chi connectivity index (χ0) is 13.9. The standard InChI is InChI=1S/C11H16ClNO3S2/c1-8(2)18(15,16)6-5-17(14)11-4-3-9(12)7-10(11)13/h3-4,7-8H,5-6,13H2,1-2H3. The van der Waals surface area contributed by atoms with Crippen molar-refractivity contribution in [2.75, 3.05) is 17.2 Å². The van der Waals surface area contributed by atoms with Crippen molar-refractivity contribution in [3.8, 4) is 0 Å². The second-order valence-corrected chi connectivity index (χ2v) is 8.80. The zero-order valence-electron chi connectivity index (χ0n) is 10.2. The quantitative estimate of drug-likeness (QED) is 0.842. The SMILES string of the molecule is CC(C)S(=O)(=O)CCS(=O)c1ccc(Cl)cc1N. The second-order valence-electron chi connectivity index (χ2n) is 4.15. The van der Waals surface area contributed by atoms with Gasteiger partial charge in [-0.25, -0.2) is 8.42 Å². The lowest BCUT2D eigenvalue weighted by Gasteiger charge is -2.09. The van der Waals surface area contributed by atoms with Gasteiger partial charge < -0.3 is 5.73 Å². The van der Waals surface area contributed by atoms with Crippen LogP contribution in [0.1, 0.15) is 13.8 Å². The molecule has 1 aromatic rings. The highest BCUT2D eigenvalue weighted by atomic mass is 35.5. The summed E-state index contributed by atoms with van der Waals surface area (Å²) in [5.74, 6) is -0.0638. The number of hydrogen-bond donors (Lipinski definition) is 1. The molecule has 0 aromatic heterocycles. The molecule has 1 rings (SSSR count). The number of nitrogen functional groups attached to an aromatic ring is 1. The van der Waals surface area contributed by atoms with E-state index in [0.717, 1.165) is 0 Å². The Bertz CT molecular complexity index is 555. The summed E-state index contributed by atoms with van der Waals surface area (Å²) in [6.07, 6.45) is 0. The predicted molar refractivity (Wildman–Crippen MR) is 76.1 cm³/mol. The lowest BCUT2D eigenvalue weighted by atomic mass is 10.3. The topological polar surface area (TPSA) is 77.2 Å². The van der Waals surface area contributed by atoms with Crippen LogP contribution in [0.25, 0.3) is 0 Å². The van der Waals surface area contributed by atoms with Gasteiger partial charge in [-0.15, -0.1) is 0 Å². The third kappa shape index (κ3) is 3.96. The Morgan fingerprint density at radius 3 is 2.50 bits per heavy atom. The summed E-state index contributed by atoms with van der Waals surface area (Å²) >= 11 is 5.74. The van der Waals surface area contributed by atoms with Gasteiger partial charge in [-0.2, -0.15) is 0 Å². The molecule has 0 saturated carbocycles. The molecule has 0 amide bonds. The van der Waals surface area contributed by atoms with Gasteiger partial charge in [0.2, 0.25) is 0 Å². The third-order valence-electron chi connectivity index (χ3n) is 2.49. The van der Waals surface area contributed by atoms with E-state index < -0.39 is 25.9 Å². The minimum atomic E-state index is -3.18. The molecule has 0 radical (unpaired) electrons. The van der Waals surface area contributed by atoms with Crippen molar-refractivity contribution in [3.63, 3.8) is 0 Å². The fourth-order valence-electron chi connectivity index (χ4n) is 1.26. The predicted octanol–water partition coefficient (Wildman–Crippen LogP) is 1.85. The molecule has 0 aliphatic rings. The summed E-state index contributed by atoms with van der Waals surface area (Å²) in [4.78, 5) is 0.429. The molecule has 4 nitrogen and oxygen atoms in total. The Morgan fingerprint density at radius 1 is 1.39 bits per heavy atom. The molecule has 2 N–H and O–H groups in total. The smallest absolute Gasteiger partial charge is 0.153 e. The fourth-order valence-corrected chi connectivity index (χ4v) is 4.21. The molecule has 102 valence electrons. The molecular formula is C11H16ClNO3S2. The van der Waals surface area contributed by atoms with E-state index in [0.29, 0.717) is 15.6 Å². The highest BCUT2D eigenvalue weighted by Crippen LogP contribution is 2.21. The minimum Gasteiger partial charge on any atom is -0.398 e. The van der Waals surface area contributed by atoms with Gasteiger partial charge in [0.1, 0.15) is 0 Å². The minimum absolute atomic E-state index is 0.0480. The molecule has 0 heterocycles. The molecule has 0 bridgehead atoms. The van der Waals surface area contributed by atoms with E-state index in [9.17, 15) is 12.6 Å². The Kier molecular flexibility index (Phi) is 5.19. The Hall–Kier alpha value is -0.590. The highest BCUT2D eigenvalue weighted by molar-refractivity contribution is 7.93. The van der Waals surface area contributed by atoms with Crippen molar-refractivity contribution in [1.29, 1.82) is 0 Å². The summed E-state index contributed by atoms with van der Waals surface area (Å²) in [7, 11) is -4.61. The van der Waals surface area contributed by atoms with Crippen molar-refractivity contribution in [2.24, 2.45) is 0 Å². The first-order chi connectivity index (χ1) is 8.24. The molecule has 18 heavy (non-hydrogen) atoms. The van der Waals surface area contributed by atoms with Crippen LogP contribution < -0.4 is 5.73 Å². The normalized spacial score (nSPS) is 13.8. The fraction of sp³-hybridized carbons (Fsp3) is 0.455. The first-order valence-corrected chi connectivity index (χ1v) is 8.80. The summed E-state index contributed by atoms with van der Waals surface area (Å²) in [6.45, 7) is 3.21. The number of sulfone groups is 1. The molecule has 0 spiro atoms. The van der Waals surface area contributed by atoms with Crippen LogP contribution in [0.2, 0.25) is 5.02 Å². The average molecular weight is 310 g/mol. The molecule has 7 heteroatoms. The van der Waals surface area contributed by atoms with E-state index in [1.165, 1.54) is 6.07 Å². The average Bonchev–Trinajstić information content (AvgIpc) is 2.25. The van der Waals surface area contributed by atoms with Gasteiger partial charge in [-0.1, -0.05) is 11.6 Å². The van der Waals surface area contributed by atoms with Crippen molar-refractivity contribution in [1.82, 2.24) is 0 Å². The molecule has 0 aliphatic heterocycles. The first-order valence-electron chi connectivity index (χ1n) is 5.39. The maximum absolute atomic E-state index is 12.0. The molecule has 0 saturated heterocycles. The third-order valence-corrected chi connectivity index (χ3v) is 6.63. The highest BCUT2D eigenvalue weighted by Gasteiger charge is 2.18. The number of hydrogen-bond acceptors (Lipinski definition) is 4. The van der Waals surface area contributed by atoms with Gasteiger partial charge in [0.15, 0.2) is 9.84 Å². The molecule has 1 atom stereocenters. The van der Waals surface area contributed by atoms with Gasteiger partial charge in [0.05, 0.1) is 26.7 Å². The van der Waals surface area contributed by atoms with E-state index in [-0.39, 0.29) is 11.5 Å². The van der Waals surface area contributed by atoms with Crippen LogP contribution in [0.5, 0.6) is 0 Å². The lowest BCUT2D eigenvalue weighted by molar-refractivity contribution is 0.588. The van der Waals surface area contributed by atoms with Crippen LogP contribution >= 0.6 is 11.6 Å². The van der Waals surface area contributed by atoms with E-state index in [2.05, 4.69) is 0 Å². The van der Waals surface area contributed by atoms with E-state index in [1.54, 1.807) is 26.0 Å². The van der Waals surface area contributed by atoms with Crippen LogP contribution in [0.15, 0.2) is 23.1 Å². The number of nitrogens with two attached hydrogens (primary N) is 1. The second kappa shape index (κ2) is 6.04. The van der Waals surface area contributed by atoms with Gasteiger partial charge >= 0.3 is 0 Å². The van der Waals surface area contributed by atoms with Gasteiger partial charge in [0.25, 0.3) is 0 Å². The van der Waals surface area contributed by atoms with E-state index in [4.69, 9.17) is 17.3 Å². The number of halogens is 1. The number of anilines is 1. The van der Waals surface area contributed by atoms with E-state index in [1.807, 2.05) is 0 Å². The van der Waals surface area contributed by atoms with Crippen LogP contribution in [0.4, 0.5) is 5.69 Å². The maximum atomic E-state index is 12.0. The molecule has 0 aliphatic carbocycles. The molecule has 0 fully saturated rings. The maximum Gasteiger partial charge on any atom is 0.153 e. The first kappa shape index (κ1) is 15.5. The lowest BCUT2D eigenvalue weighted by Crippen LogP contribution is -2.21. The monoisotopic (exact) mass is 309 g/mol. The molecular weight excluding hydrogens is 294 g/mol. The van der Waals surface area contributed by atoms with Crippen molar-refractivity contribution in [2.45, 2.75) is 24.0 Å². The number of benzene rings is 1. The van der Waals surface area contributed by atoms with E-state index >= 15 is 0 Å². The van der Waals surface area contributed by atoms with Crippen LogP contribution in [-0.4, -0.2) is 29.4 Å². The summed E-state index contributed by atoms with van der Waals surface area (Å²) in [5, 5.41) is 0.000108. The van der Waals surface area contributed by atoms with Gasteiger partial charge in [-0.05, 0) is 32.0 Å². The number of rotatable bonds is 5. The molecule has 1 unspecified atom stereocenters. The van der Waals surface area contributed by atoms with Crippen molar-refractivity contribution < 1.29 is 12.6 Å². The molecule has 1 aromatic carbocycles. The van der Waals surface area contributed by atoms with Crippen LogP contribution in [-0.2, 0) is 20.6 Å². The van der Waals surface area contributed by atoms with Crippen molar-refractivity contribution >= 4 is 37.9 Å². The summed E-state index contributed by atoms with van der Waals surface area (Å²) in [5.41, 5.74) is 6.02. The van der Waals surface area contributed by atoms with Gasteiger partial charge in [-0.3, -0.25) is 4.21 Å². The Morgan fingerprint density at radius 2 is 2.00 bits per heavy atom. The summed E-state index contributed by atoms with van der Waals surface area (Å²) in [6, 6.07) is 4.66. The summed E-state index contributed by atoms with van der Waals surface area (Å²) < 4.78 is 35.2.